The highest BCUT2D eigenvalue weighted by molar-refractivity contribution is 7.89. The molecule has 2 aliphatic rings. The fourth-order valence-corrected chi connectivity index (χ4v) is 5.74. The summed E-state index contributed by atoms with van der Waals surface area (Å²) < 4.78 is 32.6. The van der Waals surface area contributed by atoms with Crippen LogP contribution >= 0.6 is 0 Å². The highest BCUT2D eigenvalue weighted by Gasteiger charge is 2.30. The number of hydrogen-bond donors (Lipinski definition) is 0. The van der Waals surface area contributed by atoms with E-state index in [1.165, 1.54) is 0 Å². The van der Waals surface area contributed by atoms with Crippen LogP contribution in [0.4, 0.5) is 5.69 Å². The molecule has 1 saturated heterocycles. The van der Waals surface area contributed by atoms with Gasteiger partial charge in [-0.05, 0) is 56.5 Å². The van der Waals surface area contributed by atoms with Gasteiger partial charge >= 0.3 is 0 Å². The van der Waals surface area contributed by atoms with Crippen LogP contribution in [0.25, 0.3) is 0 Å². The van der Waals surface area contributed by atoms with Crippen LogP contribution in [0, 0.1) is 0 Å². The van der Waals surface area contributed by atoms with Crippen LogP contribution in [-0.2, 0) is 34.2 Å². The first-order valence-corrected chi connectivity index (χ1v) is 12.3. The third-order valence-electron chi connectivity index (χ3n) is 5.81. The van der Waals surface area contributed by atoms with Crippen molar-refractivity contribution in [2.45, 2.75) is 50.5 Å². The SMILES string of the molecule is CCc1noc(CN(C)CC(=O)N2CCCc3cc(S(=O)(=O)N4CCCC4)ccc32)n1. The van der Waals surface area contributed by atoms with Crippen LogP contribution in [0.15, 0.2) is 27.6 Å². The Kier molecular flexibility index (Phi) is 6.40. The van der Waals surface area contributed by atoms with E-state index in [1.807, 2.05) is 18.9 Å². The number of sulfonamides is 1. The molecule has 1 fully saturated rings. The molecule has 0 spiro atoms. The van der Waals surface area contributed by atoms with Crippen LogP contribution in [0.3, 0.4) is 0 Å². The number of likely N-dealkylation sites (N-methyl/N-ethyl adjacent to an activating group) is 1. The number of nitrogens with zero attached hydrogens (tertiary/aromatic N) is 5. The van der Waals surface area contributed by atoms with Crippen molar-refractivity contribution >= 4 is 21.6 Å². The Morgan fingerprint density at radius 3 is 2.68 bits per heavy atom. The number of anilines is 1. The van der Waals surface area contributed by atoms with Gasteiger partial charge in [-0.25, -0.2) is 8.42 Å². The molecule has 31 heavy (non-hydrogen) atoms. The van der Waals surface area contributed by atoms with Gasteiger partial charge in [0.25, 0.3) is 0 Å². The zero-order valence-corrected chi connectivity index (χ0v) is 18.9. The average molecular weight is 448 g/mol. The van der Waals surface area contributed by atoms with E-state index in [0.717, 1.165) is 36.9 Å². The normalized spacial score (nSPS) is 17.3. The van der Waals surface area contributed by atoms with Gasteiger partial charge in [0.2, 0.25) is 21.8 Å². The highest BCUT2D eigenvalue weighted by atomic mass is 32.2. The quantitative estimate of drug-likeness (QED) is 0.638. The van der Waals surface area contributed by atoms with E-state index < -0.39 is 10.0 Å². The van der Waals surface area contributed by atoms with E-state index in [-0.39, 0.29) is 12.5 Å². The molecule has 168 valence electrons. The molecule has 2 aromatic rings. The van der Waals surface area contributed by atoms with Crippen LogP contribution in [0.2, 0.25) is 0 Å². The maximum atomic E-state index is 13.0. The Labute approximate surface area is 183 Å². The van der Waals surface area contributed by atoms with Crippen LogP contribution in [0.5, 0.6) is 0 Å². The molecule has 4 rings (SSSR count). The molecule has 10 heteroatoms. The van der Waals surface area contributed by atoms with Gasteiger partial charge in [-0.3, -0.25) is 9.69 Å². The molecule has 0 saturated carbocycles. The lowest BCUT2D eigenvalue weighted by molar-refractivity contribution is -0.119. The summed E-state index contributed by atoms with van der Waals surface area (Å²) in [6.45, 7) is 4.34. The van der Waals surface area contributed by atoms with Crippen molar-refractivity contribution in [1.29, 1.82) is 0 Å². The van der Waals surface area contributed by atoms with Crippen molar-refractivity contribution in [3.63, 3.8) is 0 Å². The molecule has 1 amide bonds. The summed E-state index contributed by atoms with van der Waals surface area (Å²) in [6, 6.07) is 5.16. The highest BCUT2D eigenvalue weighted by Crippen LogP contribution is 2.31. The number of carbonyl (C=O) groups is 1. The average Bonchev–Trinajstić information content (AvgIpc) is 3.45. The maximum Gasteiger partial charge on any atom is 0.243 e. The molecule has 0 N–H and O–H groups in total. The largest absolute Gasteiger partial charge is 0.338 e. The summed E-state index contributed by atoms with van der Waals surface area (Å²) in [6.07, 6.45) is 4.08. The van der Waals surface area contributed by atoms with E-state index in [0.29, 0.717) is 49.2 Å². The predicted octanol–water partition coefficient (Wildman–Crippen LogP) is 1.83. The molecule has 9 nitrogen and oxygen atoms in total. The predicted molar refractivity (Wildman–Crippen MR) is 115 cm³/mol. The lowest BCUT2D eigenvalue weighted by Crippen LogP contribution is -2.41. The van der Waals surface area contributed by atoms with E-state index in [1.54, 1.807) is 27.4 Å². The van der Waals surface area contributed by atoms with Gasteiger partial charge in [0.05, 0.1) is 18.0 Å². The Hall–Kier alpha value is -2.30. The topological polar surface area (TPSA) is 99.8 Å². The van der Waals surface area contributed by atoms with Crippen molar-refractivity contribution < 1.29 is 17.7 Å². The minimum atomic E-state index is -3.47. The zero-order chi connectivity index (χ0) is 22.0. The number of aromatic nitrogens is 2. The molecule has 1 aromatic carbocycles. The standard InChI is InChI=1S/C21H29N5O4S/c1-3-19-22-20(30-23-19)14-24(2)15-21(27)26-12-6-7-16-13-17(8-9-18(16)26)31(28,29)25-10-4-5-11-25/h8-9,13H,3-7,10-12,14-15H2,1-2H3. The van der Waals surface area contributed by atoms with Crippen LogP contribution < -0.4 is 4.90 Å². The van der Waals surface area contributed by atoms with Gasteiger partial charge in [-0.2, -0.15) is 9.29 Å². The van der Waals surface area contributed by atoms with E-state index in [9.17, 15) is 13.2 Å². The summed E-state index contributed by atoms with van der Waals surface area (Å²) in [4.78, 5) is 21.2. The molecule has 1 aromatic heterocycles. The molecular formula is C21H29N5O4S. The third-order valence-corrected chi connectivity index (χ3v) is 7.70. The van der Waals surface area contributed by atoms with Crippen molar-refractivity contribution in [3.05, 3.63) is 35.5 Å². The number of aryl methyl sites for hydroxylation is 2. The lowest BCUT2D eigenvalue weighted by atomic mass is 10.0. The zero-order valence-electron chi connectivity index (χ0n) is 18.1. The number of benzene rings is 1. The summed E-state index contributed by atoms with van der Waals surface area (Å²) in [5, 5.41) is 3.88. The number of rotatable bonds is 7. The molecule has 0 aliphatic carbocycles. The van der Waals surface area contributed by atoms with Gasteiger partial charge in [0.15, 0.2) is 5.82 Å². The monoisotopic (exact) mass is 447 g/mol. The van der Waals surface area contributed by atoms with Gasteiger partial charge in [-0.15, -0.1) is 0 Å². The summed E-state index contributed by atoms with van der Waals surface area (Å²) in [5.41, 5.74) is 1.71. The van der Waals surface area contributed by atoms with E-state index >= 15 is 0 Å². The molecular weight excluding hydrogens is 418 g/mol. The molecule has 0 radical (unpaired) electrons. The first-order valence-electron chi connectivity index (χ1n) is 10.8. The minimum absolute atomic E-state index is 0.0335. The molecule has 0 unspecified atom stereocenters. The van der Waals surface area contributed by atoms with E-state index in [2.05, 4.69) is 10.1 Å². The Morgan fingerprint density at radius 2 is 1.97 bits per heavy atom. The van der Waals surface area contributed by atoms with Crippen molar-refractivity contribution in [1.82, 2.24) is 19.3 Å². The number of fused-ring (bicyclic) bond motifs is 1. The first kappa shape index (κ1) is 21.9. The lowest BCUT2D eigenvalue weighted by Gasteiger charge is -2.31. The fraction of sp³-hybridized carbons (Fsp3) is 0.571. The summed E-state index contributed by atoms with van der Waals surface area (Å²) >= 11 is 0. The van der Waals surface area contributed by atoms with Crippen LogP contribution in [-0.4, -0.2) is 66.9 Å². The summed E-state index contributed by atoms with van der Waals surface area (Å²) in [5.74, 6) is 1.11. The summed E-state index contributed by atoms with van der Waals surface area (Å²) in [7, 11) is -1.63. The fourth-order valence-electron chi connectivity index (χ4n) is 4.17. The van der Waals surface area contributed by atoms with Crippen molar-refractivity contribution in [3.8, 4) is 0 Å². The minimum Gasteiger partial charge on any atom is -0.338 e. The second kappa shape index (κ2) is 9.05. The number of hydrogen-bond acceptors (Lipinski definition) is 7. The van der Waals surface area contributed by atoms with E-state index in [4.69, 9.17) is 4.52 Å². The third kappa shape index (κ3) is 4.65. The van der Waals surface area contributed by atoms with Gasteiger partial charge in [0, 0.05) is 31.7 Å². The second-order valence-electron chi connectivity index (χ2n) is 8.18. The smallest absolute Gasteiger partial charge is 0.243 e. The Bertz CT molecular complexity index is 1050. The van der Waals surface area contributed by atoms with Crippen molar-refractivity contribution in [2.75, 3.05) is 38.1 Å². The van der Waals surface area contributed by atoms with Crippen LogP contribution in [0.1, 0.15) is 43.5 Å². The Balaban J connectivity index is 1.46. The molecule has 0 bridgehead atoms. The van der Waals surface area contributed by atoms with Gasteiger partial charge in [0.1, 0.15) is 0 Å². The molecule has 3 heterocycles. The molecule has 0 atom stereocenters. The van der Waals surface area contributed by atoms with Gasteiger partial charge in [-0.1, -0.05) is 12.1 Å². The van der Waals surface area contributed by atoms with Crippen molar-refractivity contribution in [2.24, 2.45) is 0 Å². The van der Waals surface area contributed by atoms with Gasteiger partial charge < -0.3 is 9.42 Å². The molecule has 2 aliphatic heterocycles. The number of amides is 1. The number of carbonyl (C=O) groups excluding carboxylic acids is 1. The first-order chi connectivity index (χ1) is 14.9. The second-order valence-corrected chi connectivity index (χ2v) is 10.1. The Morgan fingerprint density at radius 1 is 1.19 bits per heavy atom. The maximum absolute atomic E-state index is 13.0.